The highest BCUT2D eigenvalue weighted by Gasteiger charge is 2.07. The molecule has 0 fully saturated rings. The monoisotopic (exact) mass is 154 g/mol. The lowest BCUT2D eigenvalue weighted by Gasteiger charge is -2.09. The molecule has 11 heavy (non-hydrogen) atoms. The Morgan fingerprint density at radius 2 is 2.36 bits per heavy atom. The fraction of sp³-hybridized carbons (Fsp3) is 0.286. The second-order valence-electron chi connectivity index (χ2n) is 2.13. The van der Waals surface area contributed by atoms with Crippen LogP contribution in [0.4, 0.5) is 0 Å². The Bertz CT molecular complexity index is 240. The maximum atomic E-state index is 9.21. The number of aliphatic hydroxyl groups excluding tert-OH is 1. The number of aromatic hydroxyl groups is 1. The van der Waals surface area contributed by atoms with E-state index >= 15 is 0 Å². The van der Waals surface area contributed by atoms with E-state index in [1.165, 1.54) is 12.4 Å². The summed E-state index contributed by atoms with van der Waals surface area (Å²) < 4.78 is 0. The summed E-state index contributed by atoms with van der Waals surface area (Å²) in [5, 5.41) is 21.0. The number of hydrogen-bond donors (Lipinski definition) is 3. The zero-order valence-electron chi connectivity index (χ0n) is 6.15. The van der Waals surface area contributed by atoms with E-state index in [0.29, 0.717) is 5.56 Å². The number of aromatic nitrogens is 1. The lowest BCUT2D eigenvalue weighted by Crippen LogP contribution is -2.15. The van der Waals surface area contributed by atoms with Crippen molar-refractivity contribution in [2.45, 2.75) is 6.23 Å². The fourth-order valence-corrected chi connectivity index (χ4v) is 0.784. The highest BCUT2D eigenvalue weighted by atomic mass is 16.3. The number of pyridine rings is 1. The second-order valence-corrected chi connectivity index (χ2v) is 2.13. The zero-order chi connectivity index (χ0) is 8.27. The van der Waals surface area contributed by atoms with Gasteiger partial charge in [0.05, 0.1) is 6.20 Å². The average molecular weight is 154 g/mol. The highest BCUT2D eigenvalue weighted by Crippen LogP contribution is 2.19. The van der Waals surface area contributed by atoms with Gasteiger partial charge in [-0.2, -0.15) is 0 Å². The zero-order valence-corrected chi connectivity index (χ0v) is 6.15. The Labute approximate surface area is 64.5 Å². The minimum Gasteiger partial charge on any atom is -0.506 e. The van der Waals surface area contributed by atoms with Crippen LogP contribution in [0.5, 0.6) is 5.75 Å². The van der Waals surface area contributed by atoms with E-state index in [4.69, 9.17) is 5.11 Å². The van der Waals surface area contributed by atoms with E-state index in [1.54, 1.807) is 13.1 Å². The Kier molecular flexibility index (Phi) is 2.40. The first-order valence-electron chi connectivity index (χ1n) is 3.24. The Hall–Kier alpha value is -1.13. The number of nitrogens with zero attached hydrogens (tertiary/aromatic N) is 1. The molecule has 1 atom stereocenters. The summed E-state index contributed by atoms with van der Waals surface area (Å²) in [6, 6.07) is 1.55. The van der Waals surface area contributed by atoms with Crippen LogP contribution in [0.3, 0.4) is 0 Å². The molecule has 1 rings (SSSR count). The van der Waals surface area contributed by atoms with Gasteiger partial charge in [0.15, 0.2) is 0 Å². The van der Waals surface area contributed by atoms with Gasteiger partial charge in [0.1, 0.15) is 12.0 Å². The molecule has 1 aromatic heterocycles. The molecule has 0 aromatic carbocycles. The van der Waals surface area contributed by atoms with Crippen LogP contribution in [0.15, 0.2) is 18.5 Å². The van der Waals surface area contributed by atoms with Crippen molar-refractivity contribution in [1.29, 1.82) is 0 Å². The average Bonchev–Trinajstić information content (AvgIpc) is 2.04. The largest absolute Gasteiger partial charge is 0.506 e. The minimum atomic E-state index is -0.835. The van der Waals surface area contributed by atoms with Gasteiger partial charge in [-0.15, -0.1) is 0 Å². The predicted molar refractivity (Wildman–Crippen MR) is 39.9 cm³/mol. The van der Waals surface area contributed by atoms with Crippen molar-refractivity contribution in [2.24, 2.45) is 0 Å². The molecule has 0 radical (unpaired) electrons. The predicted octanol–water partition coefficient (Wildman–Crippen LogP) is -0.00250. The van der Waals surface area contributed by atoms with Crippen LogP contribution in [0.25, 0.3) is 0 Å². The van der Waals surface area contributed by atoms with E-state index < -0.39 is 6.23 Å². The summed E-state index contributed by atoms with van der Waals surface area (Å²) in [7, 11) is 1.60. The van der Waals surface area contributed by atoms with Crippen molar-refractivity contribution in [2.75, 3.05) is 7.05 Å². The van der Waals surface area contributed by atoms with Gasteiger partial charge in [0.25, 0.3) is 0 Å². The van der Waals surface area contributed by atoms with E-state index in [9.17, 15) is 5.11 Å². The maximum absolute atomic E-state index is 9.21. The van der Waals surface area contributed by atoms with Crippen LogP contribution in [-0.2, 0) is 0 Å². The molecule has 0 aliphatic heterocycles. The first-order chi connectivity index (χ1) is 5.25. The van der Waals surface area contributed by atoms with E-state index in [-0.39, 0.29) is 5.75 Å². The molecule has 0 aliphatic rings. The van der Waals surface area contributed by atoms with Gasteiger partial charge in [-0.3, -0.25) is 10.3 Å². The van der Waals surface area contributed by atoms with Crippen molar-refractivity contribution >= 4 is 0 Å². The van der Waals surface area contributed by atoms with E-state index in [1.807, 2.05) is 0 Å². The Balaban J connectivity index is 2.93. The van der Waals surface area contributed by atoms with E-state index in [0.717, 1.165) is 0 Å². The highest BCUT2D eigenvalue weighted by molar-refractivity contribution is 5.29. The van der Waals surface area contributed by atoms with Gasteiger partial charge >= 0.3 is 0 Å². The van der Waals surface area contributed by atoms with Crippen LogP contribution >= 0.6 is 0 Å². The maximum Gasteiger partial charge on any atom is 0.141 e. The molecule has 1 heterocycles. The third-order valence-corrected chi connectivity index (χ3v) is 1.40. The number of nitrogens with one attached hydrogen (secondary N) is 1. The van der Waals surface area contributed by atoms with Crippen LogP contribution in [0.1, 0.15) is 11.8 Å². The molecular weight excluding hydrogens is 144 g/mol. The number of rotatable bonds is 2. The van der Waals surface area contributed by atoms with Crippen molar-refractivity contribution in [3.63, 3.8) is 0 Å². The first kappa shape index (κ1) is 7.97. The lowest BCUT2D eigenvalue weighted by atomic mass is 10.2. The SMILES string of the molecule is CN[C@@H](O)c1ccncc1O. The third kappa shape index (κ3) is 1.66. The van der Waals surface area contributed by atoms with Gasteiger partial charge in [0.2, 0.25) is 0 Å². The first-order valence-corrected chi connectivity index (χ1v) is 3.24. The van der Waals surface area contributed by atoms with Crippen LogP contribution < -0.4 is 5.32 Å². The van der Waals surface area contributed by atoms with Crippen molar-refractivity contribution in [3.8, 4) is 5.75 Å². The summed E-state index contributed by atoms with van der Waals surface area (Å²) >= 11 is 0. The summed E-state index contributed by atoms with van der Waals surface area (Å²) in [6.45, 7) is 0. The number of hydrogen-bond acceptors (Lipinski definition) is 4. The van der Waals surface area contributed by atoms with Crippen LogP contribution in [-0.4, -0.2) is 22.2 Å². The third-order valence-electron chi connectivity index (χ3n) is 1.40. The Morgan fingerprint density at radius 1 is 1.64 bits per heavy atom. The van der Waals surface area contributed by atoms with Crippen molar-refractivity contribution < 1.29 is 10.2 Å². The summed E-state index contributed by atoms with van der Waals surface area (Å²) in [6.07, 6.45) is 1.96. The Morgan fingerprint density at radius 3 is 2.91 bits per heavy atom. The van der Waals surface area contributed by atoms with Crippen molar-refractivity contribution in [3.05, 3.63) is 24.0 Å². The number of aliphatic hydroxyl groups is 1. The van der Waals surface area contributed by atoms with Crippen molar-refractivity contribution in [1.82, 2.24) is 10.3 Å². The molecule has 60 valence electrons. The molecule has 1 aromatic rings. The quantitative estimate of drug-likeness (QED) is 0.524. The molecule has 0 spiro atoms. The second kappa shape index (κ2) is 3.32. The van der Waals surface area contributed by atoms with Gasteiger partial charge in [0, 0.05) is 11.8 Å². The fourth-order valence-electron chi connectivity index (χ4n) is 0.784. The summed E-state index contributed by atoms with van der Waals surface area (Å²) in [5.74, 6) is -0.00523. The van der Waals surface area contributed by atoms with Gasteiger partial charge in [-0.05, 0) is 13.1 Å². The minimum absolute atomic E-state index is 0.00523. The molecule has 0 saturated carbocycles. The van der Waals surface area contributed by atoms with Gasteiger partial charge < -0.3 is 10.2 Å². The molecule has 0 saturated heterocycles. The molecule has 4 heteroatoms. The normalized spacial score (nSPS) is 12.9. The van der Waals surface area contributed by atoms with Crippen LogP contribution in [0, 0.1) is 0 Å². The molecule has 0 aliphatic carbocycles. The molecule has 0 amide bonds. The molecule has 4 nitrogen and oxygen atoms in total. The molecule has 0 unspecified atom stereocenters. The van der Waals surface area contributed by atoms with Gasteiger partial charge in [-0.1, -0.05) is 0 Å². The van der Waals surface area contributed by atoms with E-state index in [2.05, 4.69) is 10.3 Å². The molecular formula is C7H10N2O2. The summed E-state index contributed by atoms with van der Waals surface area (Å²) in [4.78, 5) is 3.67. The molecule has 0 bridgehead atoms. The topological polar surface area (TPSA) is 65.4 Å². The van der Waals surface area contributed by atoms with Gasteiger partial charge in [-0.25, -0.2) is 0 Å². The standard InChI is InChI=1S/C7H10N2O2/c1-8-7(11)5-2-3-9-4-6(5)10/h2-4,7-8,10-11H,1H3/t7-/m0/s1. The lowest BCUT2D eigenvalue weighted by molar-refractivity contribution is 0.145. The summed E-state index contributed by atoms with van der Waals surface area (Å²) in [5.41, 5.74) is 0.433. The smallest absolute Gasteiger partial charge is 0.141 e. The van der Waals surface area contributed by atoms with Crippen LogP contribution in [0.2, 0.25) is 0 Å². The molecule has 3 N–H and O–H groups in total.